The quantitative estimate of drug-likeness (QED) is 0.908. The zero-order valence-electron chi connectivity index (χ0n) is 10.5. The molecule has 0 saturated heterocycles. The molecule has 1 atom stereocenters. The van der Waals surface area contributed by atoms with Crippen LogP contribution >= 0.6 is 0 Å². The molecule has 0 heterocycles. The van der Waals surface area contributed by atoms with Crippen LogP contribution in [0.4, 0.5) is 4.39 Å². The number of hydrogen-bond donors (Lipinski definition) is 1. The van der Waals surface area contributed by atoms with Crippen LogP contribution in [0.2, 0.25) is 0 Å². The topological polar surface area (TPSA) is 77.2 Å². The first-order valence-electron chi connectivity index (χ1n) is 5.47. The van der Waals surface area contributed by atoms with Crippen LogP contribution in [0.3, 0.4) is 0 Å². The third-order valence-corrected chi connectivity index (χ3v) is 3.65. The number of carbonyl (C=O) groups excluding carboxylic acids is 1. The van der Waals surface area contributed by atoms with Crippen molar-refractivity contribution in [1.82, 2.24) is 0 Å². The molecule has 1 aromatic rings. The Labute approximate surface area is 106 Å². The molecule has 0 fully saturated rings. The zero-order chi connectivity index (χ0) is 14.1. The molecule has 6 heteroatoms. The van der Waals surface area contributed by atoms with Crippen molar-refractivity contribution in [1.29, 1.82) is 0 Å². The van der Waals surface area contributed by atoms with Crippen LogP contribution in [0.5, 0.6) is 0 Å². The number of rotatable bonds is 4. The Morgan fingerprint density at radius 2 is 1.89 bits per heavy atom. The molecule has 0 aliphatic rings. The second-order valence-electron chi connectivity index (χ2n) is 4.56. The molecule has 4 nitrogen and oxygen atoms in total. The fourth-order valence-electron chi connectivity index (χ4n) is 1.98. The number of ketones is 1. The number of primary sulfonamides is 1. The normalized spacial score (nSPS) is 13.7. The molecule has 18 heavy (non-hydrogen) atoms. The summed E-state index contributed by atoms with van der Waals surface area (Å²) < 4.78 is 36.0. The number of sulfonamides is 1. The van der Waals surface area contributed by atoms with Gasteiger partial charge in [0.15, 0.2) is 0 Å². The van der Waals surface area contributed by atoms with Gasteiger partial charge in [-0.15, -0.1) is 0 Å². The van der Waals surface area contributed by atoms with Crippen LogP contribution < -0.4 is 5.14 Å². The zero-order valence-corrected chi connectivity index (χ0v) is 11.3. The van der Waals surface area contributed by atoms with E-state index in [9.17, 15) is 17.6 Å². The van der Waals surface area contributed by atoms with Gasteiger partial charge in [-0.2, -0.15) is 0 Å². The molecule has 1 rings (SSSR count). The lowest BCUT2D eigenvalue weighted by atomic mass is 9.85. The Kier molecular flexibility index (Phi) is 4.24. The van der Waals surface area contributed by atoms with Crippen LogP contribution in [-0.4, -0.2) is 14.2 Å². The molecule has 0 amide bonds. The van der Waals surface area contributed by atoms with E-state index >= 15 is 0 Å². The lowest BCUT2D eigenvalue weighted by molar-refractivity contribution is -0.119. The van der Waals surface area contributed by atoms with Gasteiger partial charge >= 0.3 is 0 Å². The fourth-order valence-corrected chi connectivity index (χ4v) is 2.51. The number of halogens is 1. The minimum absolute atomic E-state index is 0.0719. The summed E-state index contributed by atoms with van der Waals surface area (Å²) in [4.78, 5) is 11.2. The van der Waals surface area contributed by atoms with Gasteiger partial charge in [0.2, 0.25) is 10.0 Å². The standard InChI is InChI=1S/C12H16FNO3S/c1-7(2)12(8(3)15)10-5-4-9(6-11(10)13)18(14,16)17/h4-7,12H,1-3H3,(H2,14,16,17). The van der Waals surface area contributed by atoms with Gasteiger partial charge in [-0.3, -0.25) is 4.79 Å². The number of hydrogen-bond acceptors (Lipinski definition) is 3. The van der Waals surface area contributed by atoms with Gasteiger partial charge in [0.1, 0.15) is 11.6 Å². The van der Waals surface area contributed by atoms with E-state index in [-0.39, 0.29) is 22.2 Å². The summed E-state index contributed by atoms with van der Waals surface area (Å²) in [7, 11) is -3.93. The van der Waals surface area contributed by atoms with Crippen LogP contribution in [-0.2, 0) is 14.8 Å². The third-order valence-electron chi connectivity index (χ3n) is 2.74. The first-order valence-corrected chi connectivity index (χ1v) is 7.02. The molecule has 0 aliphatic carbocycles. The Balaban J connectivity index is 3.32. The Morgan fingerprint density at radius 3 is 2.22 bits per heavy atom. The van der Waals surface area contributed by atoms with E-state index in [1.165, 1.54) is 19.1 Å². The van der Waals surface area contributed by atoms with Crippen LogP contribution in [0.15, 0.2) is 23.1 Å². The van der Waals surface area contributed by atoms with Crippen molar-refractivity contribution in [2.45, 2.75) is 31.6 Å². The summed E-state index contributed by atoms with van der Waals surface area (Å²) in [6.07, 6.45) is 0. The summed E-state index contributed by atoms with van der Waals surface area (Å²) in [5, 5.41) is 4.91. The Bertz CT molecular complexity index is 567. The average molecular weight is 273 g/mol. The maximum absolute atomic E-state index is 13.9. The minimum atomic E-state index is -3.93. The van der Waals surface area contributed by atoms with Crippen molar-refractivity contribution in [3.63, 3.8) is 0 Å². The summed E-state index contributed by atoms with van der Waals surface area (Å²) >= 11 is 0. The van der Waals surface area contributed by atoms with Crippen LogP contribution in [0, 0.1) is 11.7 Å². The van der Waals surface area contributed by atoms with Gasteiger partial charge in [-0.25, -0.2) is 17.9 Å². The Hall–Kier alpha value is -1.27. The summed E-state index contributed by atoms with van der Waals surface area (Å²) in [6.45, 7) is 5.00. The van der Waals surface area contributed by atoms with E-state index in [0.29, 0.717) is 0 Å². The van der Waals surface area contributed by atoms with Crippen LogP contribution in [0.1, 0.15) is 32.3 Å². The highest BCUT2D eigenvalue weighted by atomic mass is 32.2. The number of carbonyl (C=O) groups is 1. The van der Waals surface area contributed by atoms with Crippen molar-refractivity contribution in [2.75, 3.05) is 0 Å². The highest BCUT2D eigenvalue weighted by molar-refractivity contribution is 7.89. The van der Waals surface area contributed by atoms with Crippen molar-refractivity contribution >= 4 is 15.8 Å². The Morgan fingerprint density at radius 1 is 1.33 bits per heavy atom. The molecule has 0 aromatic heterocycles. The molecule has 0 radical (unpaired) electrons. The number of nitrogens with two attached hydrogens (primary N) is 1. The van der Waals surface area contributed by atoms with E-state index in [0.717, 1.165) is 6.07 Å². The summed E-state index contributed by atoms with van der Waals surface area (Å²) in [5.74, 6) is -1.54. The van der Waals surface area contributed by atoms with Gasteiger partial charge in [-0.1, -0.05) is 19.9 Å². The molecular weight excluding hydrogens is 257 g/mol. The number of Topliss-reactive ketones (excluding diaryl/α,β-unsaturated/α-hetero) is 1. The molecule has 0 aliphatic heterocycles. The first kappa shape index (κ1) is 14.8. The summed E-state index contributed by atoms with van der Waals surface area (Å²) in [5.41, 5.74) is 0.199. The molecule has 2 N–H and O–H groups in total. The molecule has 1 aromatic carbocycles. The van der Waals surface area contributed by atoms with Crippen molar-refractivity contribution < 1.29 is 17.6 Å². The average Bonchev–Trinajstić information content (AvgIpc) is 2.18. The highest BCUT2D eigenvalue weighted by Crippen LogP contribution is 2.28. The second kappa shape index (κ2) is 5.16. The van der Waals surface area contributed by atoms with E-state index in [1.807, 2.05) is 0 Å². The van der Waals surface area contributed by atoms with E-state index in [1.54, 1.807) is 13.8 Å². The molecular formula is C12H16FNO3S. The number of benzene rings is 1. The van der Waals surface area contributed by atoms with Crippen molar-refractivity contribution in [3.05, 3.63) is 29.6 Å². The predicted molar refractivity (Wildman–Crippen MR) is 66.0 cm³/mol. The summed E-state index contributed by atoms with van der Waals surface area (Å²) in [6, 6.07) is 3.37. The van der Waals surface area contributed by atoms with Gasteiger partial charge in [-0.05, 0) is 30.5 Å². The maximum Gasteiger partial charge on any atom is 0.238 e. The largest absolute Gasteiger partial charge is 0.299 e. The van der Waals surface area contributed by atoms with E-state index < -0.39 is 21.8 Å². The lowest BCUT2D eigenvalue weighted by Crippen LogP contribution is -2.18. The van der Waals surface area contributed by atoms with Crippen molar-refractivity contribution in [3.8, 4) is 0 Å². The monoisotopic (exact) mass is 273 g/mol. The van der Waals surface area contributed by atoms with Gasteiger partial charge in [0.05, 0.1) is 4.90 Å². The van der Waals surface area contributed by atoms with Crippen LogP contribution in [0.25, 0.3) is 0 Å². The minimum Gasteiger partial charge on any atom is -0.299 e. The molecule has 1 unspecified atom stereocenters. The fraction of sp³-hybridized carbons (Fsp3) is 0.417. The predicted octanol–water partition coefficient (Wildman–Crippen LogP) is 1.80. The van der Waals surface area contributed by atoms with Gasteiger partial charge in [0, 0.05) is 5.92 Å². The highest BCUT2D eigenvalue weighted by Gasteiger charge is 2.24. The molecule has 100 valence electrons. The smallest absolute Gasteiger partial charge is 0.238 e. The second-order valence-corrected chi connectivity index (χ2v) is 6.12. The van der Waals surface area contributed by atoms with Gasteiger partial charge in [0.25, 0.3) is 0 Å². The molecule has 0 spiro atoms. The molecule has 0 saturated carbocycles. The third kappa shape index (κ3) is 3.14. The maximum atomic E-state index is 13.9. The first-order chi connectivity index (χ1) is 8.14. The van der Waals surface area contributed by atoms with E-state index in [2.05, 4.69) is 0 Å². The van der Waals surface area contributed by atoms with Gasteiger partial charge < -0.3 is 0 Å². The SMILES string of the molecule is CC(=O)C(c1ccc(S(N)(=O)=O)cc1F)C(C)C. The lowest BCUT2D eigenvalue weighted by Gasteiger charge is -2.19. The van der Waals surface area contributed by atoms with Crippen molar-refractivity contribution in [2.24, 2.45) is 11.1 Å². The van der Waals surface area contributed by atoms with E-state index in [4.69, 9.17) is 5.14 Å². The molecule has 0 bridgehead atoms.